The van der Waals surface area contributed by atoms with E-state index in [1.165, 1.54) is 25.7 Å². The van der Waals surface area contributed by atoms with Crippen LogP contribution in [-0.2, 0) is 6.54 Å². The zero-order valence-corrected chi connectivity index (χ0v) is 7.12. The topological polar surface area (TPSA) is 52.0 Å². The number of nitrogens with zero attached hydrogens (tertiary/aromatic N) is 1. The highest BCUT2D eigenvalue weighted by atomic mass is 16.5. The SMILES string of the molecule is NCc1cnoc1C1CCCC1. The molecule has 0 aliphatic heterocycles. The summed E-state index contributed by atoms with van der Waals surface area (Å²) in [4.78, 5) is 0. The van der Waals surface area contributed by atoms with E-state index in [9.17, 15) is 0 Å². The van der Waals surface area contributed by atoms with Crippen molar-refractivity contribution in [2.45, 2.75) is 38.1 Å². The Labute approximate surface area is 71.9 Å². The van der Waals surface area contributed by atoms with E-state index >= 15 is 0 Å². The molecule has 1 heterocycles. The lowest BCUT2D eigenvalue weighted by molar-refractivity contribution is 0.359. The molecule has 0 atom stereocenters. The van der Waals surface area contributed by atoms with Gasteiger partial charge in [-0.05, 0) is 12.8 Å². The van der Waals surface area contributed by atoms with Crippen molar-refractivity contribution in [3.8, 4) is 0 Å². The summed E-state index contributed by atoms with van der Waals surface area (Å²) in [6.45, 7) is 0.551. The summed E-state index contributed by atoms with van der Waals surface area (Å²) in [7, 11) is 0. The second-order valence-corrected chi connectivity index (χ2v) is 3.40. The number of hydrogen-bond donors (Lipinski definition) is 1. The van der Waals surface area contributed by atoms with Gasteiger partial charge in [0.05, 0.1) is 6.20 Å². The fourth-order valence-electron chi connectivity index (χ4n) is 1.95. The van der Waals surface area contributed by atoms with Gasteiger partial charge in [-0.25, -0.2) is 0 Å². The first-order chi connectivity index (χ1) is 5.92. The zero-order chi connectivity index (χ0) is 8.39. The van der Waals surface area contributed by atoms with Crippen LogP contribution in [0.25, 0.3) is 0 Å². The second-order valence-electron chi connectivity index (χ2n) is 3.40. The molecule has 66 valence electrons. The van der Waals surface area contributed by atoms with Gasteiger partial charge in [0.15, 0.2) is 0 Å². The lowest BCUT2D eigenvalue weighted by Gasteiger charge is -2.04. The number of nitrogens with two attached hydrogens (primary N) is 1. The molecule has 3 nitrogen and oxygen atoms in total. The fourth-order valence-corrected chi connectivity index (χ4v) is 1.95. The zero-order valence-electron chi connectivity index (χ0n) is 7.12. The molecule has 0 unspecified atom stereocenters. The van der Waals surface area contributed by atoms with Gasteiger partial charge < -0.3 is 10.3 Å². The van der Waals surface area contributed by atoms with Crippen molar-refractivity contribution in [1.82, 2.24) is 5.16 Å². The summed E-state index contributed by atoms with van der Waals surface area (Å²) in [6, 6.07) is 0. The van der Waals surface area contributed by atoms with Crippen LogP contribution in [0, 0.1) is 0 Å². The van der Waals surface area contributed by atoms with Crippen LogP contribution in [0.1, 0.15) is 42.9 Å². The number of rotatable bonds is 2. The molecule has 0 saturated heterocycles. The maximum atomic E-state index is 5.56. The van der Waals surface area contributed by atoms with E-state index in [0.717, 1.165) is 11.3 Å². The Hall–Kier alpha value is -0.830. The van der Waals surface area contributed by atoms with Crippen molar-refractivity contribution in [1.29, 1.82) is 0 Å². The molecule has 1 fully saturated rings. The van der Waals surface area contributed by atoms with E-state index in [4.69, 9.17) is 10.3 Å². The van der Waals surface area contributed by atoms with Gasteiger partial charge in [-0.1, -0.05) is 18.0 Å². The van der Waals surface area contributed by atoms with E-state index in [1.54, 1.807) is 6.20 Å². The third-order valence-corrected chi connectivity index (χ3v) is 2.62. The number of aromatic nitrogens is 1. The average Bonchev–Trinajstić information content (AvgIpc) is 2.74. The first-order valence-corrected chi connectivity index (χ1v) is 4.55. The Morgan fingerprint density at radius 3 is 2.92 bits per heavy atom. The molecule has 0 aromatic carbocycles. The van der Waals surface area contributed by atoms with Crippen molar-refractivity contribution < 1.29 is 4.52 Å². The van der Waals surface area contributed by atoms with Gasteiger partial charge in [-0.15, -0.1) is 0 Å². The maximum Gasteiger partial charge on any atom is 0.144 e. The Morgan fingerprint density at radius 2 is 2.25 bits per heavy atom. The van der Waals surface area contributed by atoms with Crippen LogP contribution in [0.4, 0.5) is 0 Å². The smallest absolute Gasteiger partial charge is 0.144 e. The summed E-state index contributed by atoms with van der Waals surface area (Å²) >= 11 is 0. The highest BCUT2D eigenvalue weighted by Gasteiger charge is 2.22. The van der Waals surface area contributed by atoms with E-state index in [2.05, 4.69) is 5.16 Å². The normalized spacial score (nSPS) is 18.8. The molecule has 1 aliphatic rings. The molecular formula is C9H14N2O. The summed E-state index contributed by atoms with van der Waals surface area (Å²) in [5, 5.41) is 3.78. The quantitative estimate of drug-likeness (QED) is 0.728. The van der Waals surface area contributed by atoms with E-state index in [-0.39, 0.29) is 0 Å². The molecule has 0 amide bonds. The van der Waals surface area contributed by atoms with Gasteiger partial charge in [0, 0.05) is 18.0 Å². The van der Waals surface area contributed by atoms with Crippen LogP contribution in [0.3, 0.4) is 0 Å². The molecule has 2 N–H and O–H groups in total. The van der Waals surface area contributed by atoms with Crippen molar-refractivity contribution in [3.05, 3.63) is 17.5 Å². The van der Waals surface area contributed by atoms with Gasteiger partial charge in [-0.2, -0.15) is 0 Å². The molecule has 0 bridgehead atoms. The van der Waals surface area contributed by atoms with E-state index < -0.39 is 0 Å². The summed E-state index contributed by atoms with van der Waals surface area (Å²) in [5.74, 6) is 1.63. The third-order valence-electron chi connectivity index (χ3n) is 2.62. The molecular weight excluding hydrogens is 152 g/mol. The standard InChI is InChI=1S/C9H14N2O/c10-5-8-6-11-12-9(8)7-3-1-2-4-7/h6-7H,1-5,10H2. The predicted octanol–water partition coefficient (Wildman–Crippen LogP) is 1.79. The Kier molecular flexibility index (Phi) is 2.13. The van der Waals surface area contributed by atoms with Crippen LogP contribution in [0.2, 0.25) is 0 Å². The lowest BCUT2D eigenvalue weighted by Crippen LogP contribution is -2.00. The molecule has 0 radical (unpaired) electrons. The van der Waals surface area contributed by atoms with Gasteiger partial charge >= 0.3 is 0 Å². The molecule has 0 spiro atoms. The van der Waals surface area contributed by atoms with Gasteiger partial charge in [0.25, 0.3) is 0 Å². The van der Waals surface area contributed by atoms with Gasteiger partial charge in [0.2, 0.25) is 0 Å². The van der Waals surface area contributed by atoms with Crippen LogP contribution in [0.15, 0.2) is 10.7 Å². The first-order valence-electron chi connectivity index (χ1n) is 4.55. The van der Waals surface area contributed by atoms with E-state index in [0.29, 0.717) is 12.5 Å². The van der Waals surface area contributed by atoms with Crippen molar-refractivity contribution in [3.63, 3.8) is 0 Å². The Bertz CT molecular complexity index is 251. The number of hydrogen-bond acceptors (Lipinski definition) is 3. The molecule has 1 aliphatic carbocycles. The van der Waals surface area contributed by atoms with Crippen LogP contribution in [-0.4, -0.2) is 5.16 Å². The highest BCUT2D eigenvalue weighted by molar-refractivity contribution is 5.18. The molecule has 12 heavy (non-hydrogen) atoms. The Balaban J connectivity index is 2.19. The second kappa shape index (κ2) is 3.27. The molecule has 2 rings (SSSR count). The average molecular weight is 166 g/mol. The minimum atomic E-state index is 0.551. The van der Waals surface area contributed by atoms with Crippen LogP contribution < -0.4 is 5.73 Å². The van der Waals surface area contributed by atoms with Gasteiger partial charge in [0.1, 0.15) is 5.76 Å². The van der Waals surface area contributed by atoms with Gasteiger partial charge in [-0.3, -0.25) is 0 Å². The predicted molar refractivity (Wildman–Crippen MR) is 45.6 cm³/mol. The largest absolute Gasteiger partial charge is 0.361 e. The fraction of sp³-hybridized carbons (Fsp3) is 0.667. The lowest BCUT2D eigenvalue weighted by atomic mass is 10.0. The molecule has 1 aromatic heterocycles. The minimum absolute atomic E-state index is 0.551. The van der Waals surface area contributed by atoms with Crippen LogP contribution >= 0.6 is 0 Å². The van der Waals surface area contributed by atoms with Crippen molar-refractivity contribution in [2.24, 2.45) is 5.73 Å². The summed E-state index contributed by atoms with van der Waals surface area (Å²) < 4.78 is 5.21. The van der Waals surface area contributed by atoms with E-state index in [1.807, 2.05) is 0 Å². The minimum Gasteiger partial charge on any atom is -0.361 e. The molecule has 1 aromatic rings. The maximum absolute atomic E-state index is 5.56. The third kappa shape index (κ3) is 1.25. The van der Waals surface area contributed by atoms with Crippen molar-refractivity contribution in [2.75, 3.05) is 0 Å². The van der Waals surface area contributed by atoms with Crippen LogP contribution in [0.5, 0.6) is 0 Å². The summed E-state index contributed by atoms with van der Waals surface area (Å²) in [5.41, 5.74) is 6.65. The Morgan fingerprint density at radius 1 is 1.50 bits per heavy atom. The summed E-state index contributed by atoms with van der Waals surface area (Å²) in [6.07, 6.45) is 6.85. The van der Waals surface area contributed by atoms with Crippen molar-refractivity contribution >= 4 is 0 Å². The molecule has 1 saturated carbocycles. The highest BCUT2D eigenvalue weighted by Crippen LogP contribution is 2.35. The first kappa shape index (κ1) is 7.80. The monoisotopic (exact) mass is 166 g/mol. The molecule has 3 heteroatoms.